The molecule has 2 N–H and O–H groups in total. The summed E-state index contributed by atoms with van der Waals surface area (Å²) in [7, 11) is 0. The van der Waals surface area contributed by atoms with Crippen molar-refractivity contribution in [3.8, 4) is 6.07 Å². The Morgan fingerprint density at radius 3 is 2.46 bits per heavy atom. The molecule has 2 heteroatoms. The quantitative estimate of drug-likeness (QED) is 0.715. The molecule has 0 aliphatic rings. The van der Waals surface area contributed by atoms with Gasteiger partial charge in [-0.05, 0) is 24.6 Å². The lowest BCUT2D eigenvalue weighted by molar-refractivity contribution is 0.818. The average molecular weight is 176 g/mol. The number of hydrogen-bond acceptors (Lipinski definition) is 2. The van der Waals surface area contributed by atoms with E-state index in [4.69, 9.17) is 11.0 Å². The summed E-state index contributed by atoms with van der Waals surface area (Å²) in [6.07, 6.45) is 0. The number of hydrogen-bond donors (Lipinski definition) is 1. The van der Waals surface area contributed by atoms with Gasteiger partial charge in [0.05, 0.1) is 11.6 Å². The maximum Gasteiger partial charge on any atom is 0.0991 e. The van der Waals surface area contributed by atoms with Crippen LogP contribution in [-0.4, -0.2) is 0 Å². The third kappa shape index (κ3) is 3.73. The zero-order valence-corrected chi connectivity index (χ0v) is 8.41. The molecular formula is C11H16N2. The smallest absolute Gasteiger partial charge is 0.0991 e. The Hall–Kier alpha value is -1.33. The van der Waals surface area contributed by atoms with Crippen LogP contribution < -0.4 is 5.73 Å². The van der Waals surface area contributed by atoms with E-state index in [0.29, 0.717) is 5.56 Å². The van der Waals surface area contributed by atoms with Crippen LogP contribution in [0.2, 0.25) is 0 Å². The van der Waals surface area contributed by atoms with Gasteiger partial charge in [-0.2, -0.15) is 5.26 Å². The maximum atomic E-state index is 8.55. The Balaban J connectivity index is 0.000000671. The first kappa shape index (κ1) is 11.7. The number of rotatable bonds is 1. The molecule has 0 fully saturated rings. The van der Waals surface area contributed by atoms with Crippen molar-refractivity contribution in [2.45, 2.75) is 26.8 Å². The van der Waals surface area contributed by atoms with Crippen molar-refractivity contribution in [2.75, 3.05) is 0 Å². The lowest BCUT2D eigenvalue weighted by Gasteiger charge is -2.03. The fraction of sp³-hybridized carbons (Fsp3) is 0.364. The number of nitrogens with two attached hydrogens (primary N) is 1. The number of nitrogens with zero attached hydrogens (tertiary/aromatic N) is 1. The van der Waals surface area contributed by atoms with E-state index in [9.17, 15) is 0 Å². The normalized spacial score (nSPS) is 10.7. The summed E-state index contributed by atoms with van der Waals surface area (Å²) >= 11 is 0. The Kier molecular flexibility index (Phi) is 5.58. The molecule has 0 bridgehead atoms. The van der Waals surface area contributed by atoms with Gasteiger partial charge in [0.25, 0.3) is 0 Å². The predicted octanol–water partition coefficient (Wildman–Crippen LogP) is 2.60. The predicted molar refractivity (Wildman–Crippen MR) is 55.1 cm³/mol. The fourth-order valence-corrected chi connectivity index (χ4v) is 0.891. The Morgan fingerprint density at radius 2 is 2.00 bits per heavy atom. The zero-order chi connectivity index (χ0) is 10.3. The van der Waals surface area contributed by atoms with Crippen molar-refractivity contribution in [1.82, 2.24) is 0 Å². The van der Waals surface area contributed by atoms with Crippen LogP contribution in [0.15, 0.2) is 24.3 Å². The van der Waals surface area contributed by atoms with Gasteiger partial charge in [0.1, 0.15) is 0 Å². The highest BCUT2D eigenvalue weighted by Gasteiger charge is 1.98. The largest absolute Gasteiger partial charge is 0.324 e. The van der Waals surface area contributed by atoms with Crippen LogP contribution in [0.1, 0.15) is 37.9 Å². The van der Waals surface area contributed by atoms with Gasteiger partial charge in [0.15, 0.2) is 0 Å². The van der Waals surface area contributed by atoms with Crippen LogP contribution in [0, 0.1) is 11.3 Å². The van der Waals surface area contributed by atoms with Gasteiger partial charge in [-0.1, -0.05) is 26.0 Å². The summed E-state index contributed by atoms with van der Waals surface area (Å²) < 4.78 is 0. The minimum atomic E-state index is 0.00306. The molecule has 2 nitrogen and oxygen atoms in total. The van der Waals surface area contributed by atoms with Crippen LogP contribution in [-0.2, 0) is 0 Å². The number of nitriles is 1. The Bertz CT molecular complexity index is 284. The van der Waals surface area contributed by atoms with Crippen molar-refractivity contribution >= 4 is 0 Å². The third-order valence-electron chi connectivity index (χ3n) is 1.54. The highest BCUT2D eigenvalue weighted by Crippen LogP contribution is 2.10. The monoisotopic (exact) mass is 176 g/mol. The Labute approximate surface area is 80.0 Å². The van der Waals surface area contributed by atoms with Gasteiger partial charge < -0.3 is 5.73 Å². The molecule has 0 aromatic heterocycles. The van der Waals surface area contributed by atoms with Gasteiger partial charge in [0, 0.05) is 6.04 Å². The summed E-state index contributed by atoms with van der Waals surface area (Å²) in [5.41, 5.74) is 7.30. The lowest BCUT2D eigenvalue weighted by Crippen LogP contribution is -2.04. The minimum absolute atomic E-state index is 0.00306. The number of benzene rings is 1. The minimum Gasteiger partial charge on any atom is -0.324 e. The summed E-state index contributed by atoms with van der Waals surface area (Å²) in [6, 6.07) is 9.42. The van der Waals surface area contributed by atoms with Crippen molar-refractivity contribution in [1.29, 1.82) is 5.26 Å². The second-order valence-corrected chi connectivity index (χ2v) is 2.53. The molecule has 1 aromatic rings. The molecule has 70 valence electrons. The van der Waals surface area contributed by atoms with Crippen LogP contribution >= 0.6 is 0 Å². The molecule has 1 atom stereocenters. The van der Waals surface area contributed by atoms with Crippen LogP contribution in [0.3, 0.4) is 0 Å². The van der Waals surface area contributed by atoms with Crippen molar-refractivity contribution < 1.29 is 0 Å². The molecule has 0 saturated carbocycles. The van der Waals surface area contributed by atoms with Crippen LogP contribution in [0.25, 0.3) is 0 Å². The van der Waals surface area contributed by atoms with E-state index >= 15 is 0 Å². The second-order valence-electron chi connectivity index (χ2n) is 2.53. The van der Waals surface area contributed by atoms with Gasteiger partial charge in [-0.3, -0.25) is 0 Å². The van der Waals surface area contributed by atoms with Crippen molar-refractivity contribution in [3.05, 3.63) is 35.4 Å². The topological polar surface area (TPSA) is 49.8 Å². The molecule has 1 aromatic carbocycles. The van der Waals surface area contributed by atoms with Gasteiger partial charge in [-0.25, -0.2) is 0 Å². The maximum absolute atomic E-state index is 8.55. The molecule has 0 radical (unpaired) electrons. The van der Waals surface area contributed by atoms with E-state index in [1.54, 1.807) is 6.07 Å². The van der Waals surface area contributed by atoms with Gasteiger partial charge in [-0.15, -0.1) is 0 Å². The van der Waals surface area contributed by atoms with E-state index in [1.165, 1.54) is 0 Å². The van der Waals surface area contributed by atoms with Crippen LogP contribution in [0.4, 0.5) is 0 Å². The highest BCUT2D eigenvalue weighted by atomic mass is 14.6. The molecule has 0 amide bonds. The summed E-state index contributed by atoms with van der Waals surface area (Å²) in [5, 5.41) is 8.55. The summed E-state index contributed by atoms with van der Waals surface area (Å²) in [5.74, 6) is 0. The summed E-state index contributed by atoms with van der Waals surface area (Å²) in [6.45, 7) is 5.90. The molecular weight excluding hydrogens is 160 g/mol. The van der Waals surface area contributed by atoms with E-state index in [-0.39, 0.29) is 6.04 Å². The highest BCUT2D eigenvalue weighted by molar-refractivity contribution is 5.33. The fourth-order valence-electron chi connectivity index (χ4n) is 0.891. The van der Waals surface area contributed by atoms with E-state index in [0.717, 1.165) is 5.56 Å². The lowest BCUT2D eigenvalue weighted by atomic mass is 10.1. The molecule has 0 saturated heterocycles. The first-order valence-electron chi connectivity index (χ1n) is 4.49. The van der Waals surface area contributed by atoms with Crippen LogP contribution in [0.5, 0.6) is 0 Å². The third-order valence-corrected chi connectivity index (χ3v) is 1.54. The SMILES string of the molecule is CC.CC(N)c1cccc(C#N)c1. The molecule has 1 unspecified atom stereocenters. The zero-order valence-electron chi connectivity index (χ0n) is 8.41. The molecule has 0 aliphatic heterocycles. The molecule has 0 aliphatic carbocycles. The van der Waals surface area contributed by atoms with E-state index < -0.39 is 0 Å². The first-order valence-corrected chi connectivity index (χ1v) is 4.49. The first-order chi connectivity index (χ1) is 6.24. The Morgan fingerprint density at radius 1 is 1.38 bits per heavy atom. The van der Waals surface area contributed by atoms with Crippen molar-refractivity contribution in [3.63, 3.8) is 0 Å². The molecule has 13 heavy (non-hydrogen) atoms. The van der Waals surface area contributed by atoms with Gasteiger partial charge in [0.2, 0.25) is 0 Å². The summed E-state index contributed by atoms with van der Waals surface area (Å²) in [4.78, 5) is 0. The second kappa shape index (κ2) is 6.22. The molecule has 0 spiro atoms. The van der Waals surface area contributed by atoms with E-state index in [1.807, 2.05) is 39.0 Å². The van der Waals surface area contributed by atoms with Crippen molar-refractivity contribution in [2.24, 2.45) is 5.73 Å². The molecule has 1 rings (SSSR count). The standard InChI is InChI=1S/C9H10N2.C2H6/c1-7(11)9-4-2-3-8(5-9)6-10;1-2/h2-5,7H,11H2,1H3;1-2H3. The average Bonchev–Trinajstić information content (AvgIpc) is 2.21. The molecule has 0 heterocycles. The van der Waals surface area contributed by atoms with E-state index in [2.05, 4.69) is 6.07 Å². The van der Waals surface area contributed by atoms with Gasteiger partial charge >= 0.3 is 0 Å².